The van der Waals surface area contributed by atoms with Gasteiger partial charge in [-0.1, -0.05) is 0 Å². The first-order chi connectivity index (χ1) is 11.7. The molecule has 1 N–H and O–H groups in total. The summed E-state index contributed by atoms with van der Waals surface area (Å²) in [5, 5.41) is 8.73. The second-order valence-electron chi connectivity index (χ2n) is 4.80. The van der Waals surface area contributed by atoms with Crippen molar-refractivity contribution in [1.29, 1.82) is 0 Å². The monoisotopic (exact) mass is 340 g/mol. The van der Waals surface area contributed by atoms with E-state index in [1.807, 2.05) is 5.38 Å². The Labute approximate surface area is 138 Å². The van der Waals surface area contributed by atoms with Gasteiger partial charge < -0.3 is 0 Å². The van der Waals surface area contributed by atoms with E-state index in [9.17, 15) is 9.18 Å². The van der Waals surface area contributed by atoms with Crippen LogP contribution in [-0.4, -0.2) is 30.5 Å². The number of nitrogens with zero attached hydrogens (tertiary/aromatic N) is 5. The van der Waals surface area contributed by atoms with Crippen LogP contribution >= 0.6 is 11.3 Å². The van der Waals surface area contributed by atoms with E-state index >= 15 is 0 Å². The van der Waals surface area contributed by atoms with Gasteiger partial charge in [0.15, 0.2) is 0 Å². The highest BCUT2D eigenvalue weighted by atomic mass is 32.1. The molecule has 4 rings (SSSR count). The van der Waals surface area contributed by atoms with Crippen molar-refractivity contribution in [2.24, 2.45) is 0 Å². The number of carbonyl (C=O) groups is 1. The fourth-order valence-electron chi connectivity index (χ4n) is 2.14. The highest BCUT2D eigenvalue weighted by Crippen LogP contribution is 2.26. The number of rotatable bonds is 3. The van der Waals surface area contributed by atoms with Crippen LogP contribution in [0.15, 0.2) is 48.2 Å². The average Bonchev–Trinajstić information content (AvgIpc) is 3.16. The van der Waals surface area contributed by atoms with Gasteiger partial charge in [-0.2, -0.15) is 4.98 Å². The molecule has 7 nitrogen and oxygen atoms in total. The van der Waals surface area contributed by atoms with Crippen molar-refractivity contribution in [1.82, 2.24) is 24.6 Å². The molecule has 1 aromatic carbocycles. The molecule has 0 aliphatic heterocycles. The van der Waals surface area contributed by atoms with Crippen LogP contribution in [0.5, 0.6) is 0 Å². The van der Waals surface area contributed by atoms with Crippen LogP contribution < -0.4 is 5.32 Å². The van der Waals surface area contributed by atoms with Crippen LogP contribution in [0.25, 0.3) is 16.2 Å². The molecular formula is C15H9FN6OS. The molecule has 0 unspecified atom stereocenters. The van der Waals surface area contributed by atoms with Gasteiger partial charge in [-0.15, -0.1) is 16.4 Å². The van der Waals surface area contributed by atoms with Gasteiger partial charge in [0.25, 0.3) is 11.9 Å². The Bertz CT molecular complexity index is 1010. The van der Waals surface area contributed by atoms with Gasteiger partial charge in [0.05, 0.1) is 11.9 Å². The summed E-state index contributed by atoms with van der Waals surface area (Å²) in [4.78, 5) is 24.7. The first-order valence-corrected chi connectivity index (χ1v) is 7.76. The lowest BCUT2D eigenvalue weighted by Gasteiger charge is -1.99. The van der Waals surface area contributed by atoms with Crippen LogP contribution in [0.3, 0.4) is 0 Å². The minimum Gasteiger partial charge on any atom is -0.288 e. The average molecular weight is 340 g/mol. The summed E-state index contributed by atoms with van der Waals surface area (Å²) < 4.78 is 14.7. The van der Waals surface area contributed by atoms with E-state index in [1.54, 1.807) is 16.6 Å². The summed E-state index contributed by atoms with van der Waals surface area (Å²) in [6.45, 7) is 0. The molecule has 0 radical (unpaired) electrons. The van der Waals surface area contributed by atoms with Gasteiger partial charge in [0.2, 0.25) is 4.96 Å². The van der Waals surface area contributed by atoms with Crippen LogP contribution in [-0.2, 0) is 0 Å². The number of aromatic nitrogens is 5. The Balaban J connectivity index is 1.65. The topological polar surface area (TPSA) is 85.1 Å². The van der Waals surface area contributed by atoms with E-state index in [1.165, 1.54) is 42.1 Å². The van der Waals surface area contributed by atoms with Crippen LogP contribution in [0.1, 0.15) is 10.5 Å². The number of anilines is 1. The summed E-state index contributed by atoms with van der Waals surface area (Å²) in [7, 11) is 0. The molecule has 0 fully saturated rings. The molecule has 118 valence electrons. The largest absolute Gasteiger partial charge is 0.288 e. The van der Waals surface area contributed by atoms with Crippen molar-refractivity contribution in [3.8, 4) is 11.3 Å². The summed E-state index contributed by atoms with van der Waals surface area (Å²) in [5.41, 5.74) is 1.75. The molecule has 3 heterocycles. The Kier molecular flexibility index (Phi) is 3.47. The first-order valence-electron chi connectivity index (χ1n) is 6.88. The Morgan fingerprint density at radius 1 is 1.21 bits per heavy atom. The molecule has 0 atom stereocenters. The zero-order valence-electron chi connectivity index (χ0n) is 12.0. The standard InChI is InChI=1S/C15H9FN6OS/c16-10-3-1-9(2-4-10)12-8-24-15-20-14(21-22(12)15)19-13(23)11-7-17-5-6-18-11/h1-8H,(H,19,21,23). The number of benzene rings is 1. The predicted octanol–water partition coefficient (Wildman–Crippen LogP) is 2.64. The molecule has 9 heteroatoms. The lowest BCUT2D eigenvalue weighted by Crippen LogP contribution is -2.14. The quantitative estimate of drug-likeness (QED) is 0.620. The van der Waals surface area contributed by atoms with E-state index in [0.717, 1.165) is 11.3 Å². The number of hydrogen-bond acceptors (Lipinski definition) is 6. The summed E-state index contributed by atoms with van der Waals surface area (Å²) >= 11 is 1.37. The molecule has 24 heavy (non-hydrogen) atoms. The van der Waals surface area contributed by atoms with Gasteiger partial charge in [0, 0.05) is 23.3 Å². The lowest BCUT2D eigenvalue weighted by molar-refractivity contribution is 0.102. The molecule has 0 aliphatic rings. The van der Waals surface area contributed by atoms with Crippen molar-refractivity contribution < 1.29 is 9.18 Å². The van der Waals surface area contributed by atoms with Crippen molar-refractivity contribution >= 4 is 28.2 Å². The first kappa shape index (κ1) is 14.4. The Hall–Kier alpha value is -3.20. The zero-order chi connectivity index (χ0) is 16.5. The number of nitrogens with one attached hydrogen (secondary N) is 1. The second-order valence-corrected chi connectivity index (χ2v) is 5.64. The number of carbonyl (C=O) groups excluding carboxylic acids is 1. The maximum absolute atomic E-state index is 13.1. The number of amides is 1. The van der Waals surface area contributed by atoms with Crippen molar-refractivity contribution in [3.05, 3.63) is 59.7 Å². The fourth-order valence-corrected chi connectivity index (χ4v) is 2.97. The molecule has 1 amide bonds. The Morgan fingerprint density at radius 2 is 2.04 bits per heavy atom. The minimum atomic E-state index is -0.440. The fraction of sp³-hybridized carbons (Fsp3) is 0. The van der Waals surface area contributed by atoms with Gasteiger partial charge in [-0.25, -0.2) is 13.9 Å². The molecule has 0 saturated heterocycles. The molecule has 0 bridgehead atoms. The number of halogens is 1. The third-order valence-corrected chi connectivity index (χ3v) is 4.06. The van der Waals surface area contributed by atoms with E-state index in [-0.39, 0.29) is 17.5 Å². The predicted molar refractivity (Wildman–Crippen MR) is 86.2 cm³/mol. The van der Waals surface area contributed by atoms with Gasteiger partial charge in [-0.3, -0.25) is 15.1 Å². The normalized spacial score (nSPS) is 10.9. The summed E-state index contributed by atoms with van der Waals surface area (Å²) in [6.07, 6.45) is 4.27. The molecule has 3 aromatic heterocycles. The summed E-state index contributed by atoms with van der Waals surface area (Å²) in [5.74, 6) is -0.578. The van der Waals surface area contributed by atoms with Crippen molar-refractivity contribution in [3.63, 3.8) is 0 Å². The molecule has 0 saturated carbocycles. The van der Waals surface area contributed by atoms with Gasteiger partial charge in [0.1, 0.15) is 11.5 Å². The highest BCUT2D eigenvalue weighted by molar-refractivity contribution is 7.15. The van der Waals surface area contributed by atoms with Gasteiger partial charge >= 0.3 is 0 Å². The van der Waals surface area contributed by atoms with Crippen LogP contribution in [0, 0.1) is 5.82 Å². The summed E-state index contributed by atoms with van der Waals surface area (Å²) in [6, 6.07) is 6.09. The lowest BCUT2D eigenvalue weighted by atomic mass is 10.2. The SMILES string of the molecule is O=C(Nc1nc2scc(-c3ccc(F)cc3)n2n1)c1cnccn1. The smallest absolute Gasteiger partial charge is 0.278 e. The van der Waals surface area contributed by atoms with Crippen molar-refractivity contribution in [2.45, 2.75) is 0 Å². The number of hydrogen-bond donors (Lipinski definition) is 1. The van der Waals surface area contributed by atoms with Gasteiger partial charge in [-0.05, 0) is 24.3 Å². The van der Waals surface area contributed by atoms with E-state index in [0.29, 0.717) is 4.96 Å². The highest BCUT2D eigenvalue weighted by Gasteiger charge is 2.15. The third kappa shape index (κ3) is 2.61. The molecule has 0 aliphatic carbocycles. The minimum absolute atomic E-state index is 0.167. The second kappa shape index (κ2) is 5.78. The van der Waals surface area contributed by atoms with Crippen LogP contribution in [0.4, 0.5) is 10.3 Å². The van der Waals surface area contributed by atoms with E-state index < -0.39 is 5.91 Å². The third-order valence-electron chi connectivity index (χ3n) is 3.24. The maximum atomic E-state index is 13.1. The maximum Gasteiger partial charge on any atom is 0.278 e. The zero-order valence-corrected chi connectivity index (χ0v) is 12.9. The Morgan fingerprint density at radius 3 is 2.79 bits per heavy atom. The number of thiazole rings is 1. The van der Waals surface area contributed by atoms with E-state index in [2.05, 4.69) is 25.4 Å². The van der Waals surface area contributed by atoms with Crippen molar-refractivity contribution in [2.75, 3.05) is 5.32 Å². The van der Waals surface area contributed by atoms with Crippen LogP contribution in [0.2, 0.25) is 0 Å². The number of fused-ring (bicyclic) bond motifs is 1. The molecule has 0 spiro atoms. The van der Waals surface area contributed by atoms with E-state index in [4.69, 9.17) is 0 Å². The molecular weight excluding hydrogens is 331 g/mol. The molecule has 4 aromatic rings.